The zero-order chi connectivity index (χ0) is 13.4. The Hall–Kier alpha value is -1.00. The van der Waals surface area contributed by atoms with Crippen LogP contribution in [0.5, 0.6) is 0 Å². The van der Waals surface area contributed by atoms with Gasteiger partial charge in [-0.05, 0) is 18.7 Å². The molecule has 1 rings (SSSR count). The van der Waals surface area contributed by atoms with Crippen molar-refractivity contribution in [1.82, 2.24) is 10.2 Å². The van der Waals surface area contributed by atoms with Gasteiger partial charge in [-0.2, -0.15) is 0 Å². The predicted octanol–water partition coefficient (Wildman–Crippen LogP) is 2.92. The maximum absolute atomic E-state index is 12.2. The number of hydrogen-bond acceptors (Lipinski definition) is 2. The summed E-state index contributed by atoms with van der Waals surface area (Å²) in [4.78, 5) is 2.27. The summed E-state index contributed by atoms with van der Waals surface area (Å²) in [6, 6.07) is 10.2. The Bertz CT molecular complexity index is 313. The molecule has 0 aliphatic heterocycles. The largest absolute Gasteiger partial charge is 0.310 e. The summed E-state index contributed by atoms with van der Waals surface area (Å²) in [5.74, 6) is 0. The Kier molecular flexibility index (Phi) is 6.83. The van der Waals surface area contributed by atoms with E-state index in [1.807, 2.05) is 30.3 Å². The van der Waals surface area contributed by atoms with E-state index in [-0.39, 0.29) is 12.6 Å². The Morgan fingerprint density at radius 1 is 1.06 bits per heavy atom. The normalized spacial score (nSPS) is 13.2. The predicted molar refractivity (Wildman–Crippen MR) is 71.0 cm³/mol. The van der Waals surface area contributed by atoms with Gasteiger partial charge in [0, 0.05) is 12.6 Å². The van der Waals surface area contributed by atoms with E-state index in [1.54, 1.807) is 0 Å². The monoisotopic (exact) mass is 256 g/mol. The molecule has 1 atom stereocenters. The lowest BCUT2D eigenvalue weighted by atomic mass is 10.1. The summed E-state index contributed by atoms with van der Waals surface area (Å²) < 4.78 is 24.4. The van der Waals surface area contributed by atoms with Gasteiger partial charge >= 0.3 is 0 Å². The molecule has 0 radical (unpaired) electrons. The lowest BCUT2D eigenvalue weighted by Gasteiger charge is -2.30. The lowest BCUT2D eigenvalue weighted by molar-refractivity contribution is 0.138. The molecule has 0 saturated heterocycles. The third kappa shape index (κ3) is 4.70. The van der Waals surface area contributed by atoms with Crippen molar-refractivity contribution < 1.29 is 8.78 Å². The number of halogens is 2. The van der Waals surface area contributed by atoms with Crippen molar-refractivity contribution in [1.29, 1.82) is 0 Å². The zero-order valence-electron chi connectivity index (χ0n) is 11.1. The highest BCUT2D eigenvalue weighted by Gasteiger charge is 2.17. The van der Waals surface area contributed by atoms with Crippen LogP contribution in [0.1, 0.15) is 25.5 Å². The Morgan fingerprint density at radius 2 is 1.67 bits per heavy atom. The molecule has 0 aliphatic carbocycles. The molecule has 2 nitrogen and oxygen atoms in total. The fourth-order valence-electron chi connectivity index (χ4n) is 2.13. The number of alkyl halides is 2. The second-order valence-electron chi connectivity index (χ2n) is 4.20. The Labute approximate surface area is 108 Å². The van der Waals surface area contributed by atoms with Gasteiger partial charge in [-0.3, -0.25) is 4.90 Å². The summed E-state index contributed by atoms with van der Waals surface area (Å²) in [5.41, 5.74) is 1.17. The van der Waals surface area contributed by atoms with Crippen molar-refractivity contribution >= 4 is 0 Å². The van der Waals surface area contributed by atoms with Crippen LogP contribution in [0.15, 0.2) is 30.3 Å². The van der Waals surface area contributed by atoms with Crippen LogP contribution in [0.4, 0.5) is 8.78 Å². The van der Waals surface area contributed by atoms with Crippen molar-refractivity contribution in [3.63, 3.8) is 0 Å². The van der Waals surface area contributed by atoms with Gasteiger partial charge in [-0.1, -0.05) is 44.2 Å². The standard InChI is InChI=1S/C14H22F2N2/c1-3-18(4-2)13(10-17-11-14(15)16)12-8-6-5-7-9-12/h5-9,13-14,17H,3-4,10-11H2,1-2H3. The molecule has 102 valence electrons. The first-order chi connectivity index (χ1) is 8.69. The van der Waals surface area contributed by atoms with Crippen LogP contribution in [0, 0.1) is 0 Å². The molecule has 0 aliphatic rings. The van der Waals surface area contributed by atoms with Crippen LogP contribution in [0.3, 0.4) is 0 Å². The third-order valence-corrected chi connectivity index (χ3v) is 3.07. The van der Waals surface area contributed by atoms with Crippen LogP contribution < -0.4 is 5.32 Å². The minimum atomic E-state index is -2.29. The van der Waals surface area contributed by atoms with Gasteiger partial charge in [0.15, 0.2) is 0 Å². The Balaban J connectivity index is 2.69. The summed E-state index contributed by atoms with van der Waals surface area (Å²) >= 11 is 0. The van der Waals surface area contributed by atoms with E-state index in [2.05, 4.69) is 24.1 Å². The minimum absolute atomic E-state index is 0.153. The quantitative estimate of drug-likeness (QED) is 0.769. The maximum Gasteiger partial charge on any atom is 0.250 e. The molecule has 0 saturated carbocycles. The van der Waals surface area contributed by atoms with Crippen LogP contribution in [-0.2, 0) is 0 Å². The van der Waals surface area contributed by atoms with E-state index in [0.717, 1.165) is 13.1 Å². The van der Waals surface area contributed by atoms with Crippen molar-refractivity contribution in [2.45, 2.75) is 26.3 Å². The molecule has 18 heavy (non-hydrogen) atoms. The molecule has 1 unspecified atom stereocenters. The maximum atomic E-state index is 12.2. The fraction of sp³-hybridized carbons (Fsp3) is 0.571. The number of likely N-dealkylation sites (N-methyl/N-ethyl adjacent to an activating group) is 1. The number of benzene rings is 1. The molecule has 0 aromatic heterocycles. The number of hydrogen-bond donors (Lipinski definition) is 1. The average Bonchev–Trinajstić information content (AvgIpc) is 2.39. The van der Waals surface area contributed by atoms with Gasteiger partial charge in [0.05, 0.1) is 6.54 Å². The average molecular weight is 256 g/mol. The number of rotatable bonds is 8. The molecule has 0 amide bonds. The second-order valence-corrected chi connectivity index (χ2v) is 4.20. The molecular formula is C14H22F2N2. The van der Waals surface area contributed by atoms with Crippen LogP contribution >= 0.6 is 0 Å². The van der Waals surface area contributed by atoms with Crippen molar-refractivity contribution in [3.05, 3.63) is 35.9 Å². The van der Waals surface area contributed by atoms with E-state index in [4.69, 9.17) is 0 Å². The van der Waals surface area contributed by atoms with E-state index >= 15 is 0 Å². The first-order valence-corrected chi connectivity index (χ1v) is 6.46. The van der Waals surface area contributed by atoms with Gasteiger partial charge in [0.1, 0.15) is 0 Å². The molecule has 0 spiro atoms. The van der Waals surface area contributed by atoms with E-state index in [1.165, 1.54) is 5.56 Å². The highest BCUT2D eigenvalue weighted by atomic mass is 19.3. The number of nitrogens with zero attached hydrogens (tertiary/aromatic N) is 1. The minimum Gasteiger partial charge on any atom is -0.310 e. The van der Waals surface area contributed by atoms with Crippen LogP contribution in [0.2, 0.25) is 0 Å². The topological polar surface area (TPSA) is 15.3 Å². The Morgan fingerprint density at radius 3 is 2.17 bits per heavy atom. The SMILES string of the molecule is CCN(CC)C(CNCC(F)F)c1ccccc1. The fourth-order valence-corrected chi connectivity index (χ4v) is 2.13. The van der Waals surface area contributed by atoms with E-state index < -0.39 is 6.43 Å². The van der Waals surface area contributed by atoms with Crippen molar-refractivity contribution in [3.8, 4) is 0 Å². The number of nitrogens with one attached hydrogen (secondary N) is 1. The molecule has 1 N–H and O–H groups in total. The lowest BCUT2D eigenvalue weighted by Crippen LogP contribution is -2.37. The molecule has 0 bridgehead atoms. The smallest absolute Gasteiger partial charge is 0.250 e. The molecule has 0 fully saturated rings. The second kappa shape index (κ2) is 8.16. The third-order valence-electron chi connectivity index (χ3n) is 3.07. The summed E-state index contributed by atoms with van der Waals surface area (Å²) in [6.07, 6.45) is -2.29. The van der Waals surface area contributed by atoms with Gasteiger partial charge in [-0.15, -0.1) is 0 Å². The highest BCUT2D eigenvalue weighted by molar-refractivity contribution is 5.19. The molecular weight excluding hydrogens is 234 g/mol. The zero-order valence-corrected chi connectivity index (χ0v) is 11.1. The van der Waals surface area contributed by atoms with Crippen molar-refractivity contribution in [2.75, 3.05) is 26.2 Å². The molecule has 4 heteroatoms. The first kappa shape index (κ1) is 15.1. The molecule has 1 aromatic rings. The summed E-state index contributed by atoms with van der Waals surface area (Å²) in [7, 11) is 0. The van der Waals surface area contributed by atoms with Gasteiger partial charge < -0.3 is 5.32 Å². The van der Waals surface area contributed by atoms with Gasteiger partial charge in [0.2, 0.25) is 0 Å². The molecule has 0 heterocycles. The van der Waals surface area contributed by atoms with Crippen LogP contribution in [0.25, 0.3) is 0 Å². The van der Waals surface area contributed by atoms with E-state index in [0.29, 0.717) is 6.54 Å². The summed E-state index contributed by atoms with van der Waals surface area (Å²) in [5, 5.41) is 2.84. The van der Waals surface area contributed by atoms with Gasteiger partial charge in [-0.25, -0.2) is 8.78 Å². The highest BCUT2D eigenvalue weighted by Crippen LogP contribution is 2.19. The molecule has 1 aromatic carbocycles. The van der Waals surface area contributed by atoms with E-state index in [9.17, 15) is 8.78 Å². The van der Waals surface area contributed by atoms with Gasteiger partial charge in [0.25, 0.3) is 6.43 Å². The first-order valence-electron chi connectivity index (χ1n) is 6.46. The summed E-state index contributed by atoms with van der Waals surface area (Å²) in [6.45, 7) is 6.30. The van der Waals surface area contributed by atoms with Crippen molar-refractivity contribution in [2.24, 2.45) is 0 Å². The van der Waals surface area contributed by atoms with Crippen LogP contribution in [-0.4, -0.2) is 37.5 Å².